The second-order valence-electron chi connectivity index (χ2n) is 4.62. The molecule has 0 aliphatic rings. The molecule has 2 heterocycles. The molecule has 21 heavy (non-hydrogen) atoms. The number of halogens is 2. The van der Waals surface area contributed by atoms with Crippen LogP contribution >= 0.6 is 11.6 Å². The Kier molecular flexibility index (Phi) is 3.35. The smallest absolute Gasteiger partial charge is 0.153 e. The molecule has 3 rings (SSSR count). The molecule has 2 aromatic heterocycles. The van der Waals surface area contributed by atoms with Crippen molar-refractivity contribution >= 4 is 17.4 Å². The Bertz CT molecular complexity index is 813. The average Bonchev–Trinajstić information content (AvgIpc) is 2.81. The van der Waals surface area contributed by atoms with Gasteiger partial charge in [0.15, 0.2) is 5.82 Å². The first-order valence-electron chi connectivity index (χ1n) is 6.29. The molecule has 0 unspecified atom stereocenters. The third-order valence-electron chi connectivity index (χ3n) is 3.27. The highest BCUT2D eigenvalue weighted by Crippen LogP contribution is 2.39. The van der Waals surface area contributed by atoms with Gasteiger partial charge in [0.25, 0.3) is 0 Å². The molecule has 0 saturated heterocycles. The van der Waals surface area contributed by atoms with Gasteiger partial charge in [-0.3, -0.25) is 10.1 Å². The molecule has 0 aliphatic carbocycles. The summed E-state index contributed by atoms with van der Waals surface area (Å²) >= 11 is 6.14. The fourth-order valence-electron chi connectivity index (χ4n) is 2.26. The number of nitrogen functional groups attached to an aromatic ring is 1. The molecule has 0 radical (unpaired) electrons. The normalized spacial score (nSPS) is 10.8. The summed E-state index contributed by atoms with van der Waals surface area (Å²) in [7, 11) is 0. The van der Waals surface area contributed by atoms with Crippen molar-refractivity contribution in [3.63, 3.8) is 0 Å². The van der Waals surface area contributed by atoms with Crippen molar-refractivity contribution in [2.45, 2.75) is 6.92 Å². The minimum Gasteiger partial charge on any atom is -0.382 e. The maximum atomic E-state index is 13.2. The number of benzene rings is 1. The number of aromatic amines is 1. The van der Waals surface area contributed by atoms with Gasteiger partial charge in [-0.25, -0.2) is 4.39 Å². The molecule has 4 nitrogen and oxygen atoms in total. The first-order chi connectivity index (χ1) is 10.1. The van der Waals surface area contributed by atoms with E-state index in [9.17, 15) is 4.39 Å². The Hall–Kier alpha value is -2.40. The number of aromatic nitrogens is 3. The average molecular weight is 303 g/mol. The Labute approximate surface area is 125 Å². The van der Waals surface area contributed by atoms with Gasteiger partial charge in [-0.1, -0.05) is 11.6 Å². The Morgan fingerprint density at radius 2 is 2.05 bits per heavy atom. The first kappa shape index (κ1) is 13.6. The minimum atomic E-state index is -0.398. The molecule has 0 bridgehead atoms. The maximum Gasteiger partial charge on any atom is 0.153 e. The number of anilines is 1. The number of nitrogens with two attached hydrogens (primary N) is 1. The van der Waals surface area contributed by atoms with Crippen LogP contribution in [0.2, 0.25) is 5.02 Å². The summed E-state index contributed by atoms with van der Waals surface area (Å²) < 4.78 is 13.2. The van der Waals surface area contributed by atoms with Crippen LogP contribution in [0.4, 0.5) is 10.2 Å². The lowest BCUT2D eigenvalue weighted by Gasteiger charge is -2.08. The summed E-state index contributed by atoms with van der Waals surface area (Å²) in [6.45, 7) is 1.89. The molecule has 0 fully saturated rings. The molecule has 0 amide bonds. The van der Waals surface area contributed by atoms with Crippen molar-refractivity contribution in [3.05, 3.63) is 53.1 Å². The maximum absolute atomic E-state index is 13.2. The Morgan fingerprint density at radius 3 is 2.76 bits per heavy atom. The van der Waals surface area contributed by atoms with E-state index in [1.54, 1.807) is 12.3 Å². The zero-order valence-electron chi connectivity index (χ0n) is 11.2. The summed E-state index contributed by atoms with van der Waals surface area (Å²) in [6.07, 6.45) is 1.71. The topological polar surface area (TPSA) is 67.6 Å². The lowest BCUT2D eigenvalue weighted by atomic mass is 10.00. The molecule has 3 aromatic rings. The first-order valence-corrected chi connectivity index (χ1v) is 6.67. The van der Waals surface area contributed by atoms with Gasteiger partial charge in [-0.05, 0) is 37.3 Å². The van der Waals surface area contributed by atoms with E-state index in [2.05, 4.69) is 15.2 Å². The third kappa shape index (κ3) is 2.36. The van der Waals surface area contributed by atoms with Crippen molar-refractivity contribution in [1.29, 1.82) is 0 Å². The number of pyridine rings is 1. The van der Waals surface area contributed by atoms with E-state index in [4.69, 9.17) is 17.3 Å². The van der Waals surface area contributed by atoms with Crippen LogP contribution in [0.25, 0.3) is 22.4 Å². The van der Waals surface area contributed by atoms with Crippen LogP contribution in [0.15, 0.2) is 36.5 Å². The molecule has 1 aromatic carbocycles. The van der Waals surface area contributed by atoms with Crippen molar-refractivity contribution in [2.24, 2.45) is 0 Å². The van der Waals surface area contributed by atoms with E-state index in [0.717, 1.165) is 11.3 Å². The number of hydrogen-bond acceptors (Lipinski definition) is 3. The molecule has 106 valence electrons. The Morgan fingerprint density at radius 1 is 1.24 bits per heavy atom. The largest absolute Gasteiger partial charge is 0.382 e. The highest BCUT2D eigenvalue weighted by atomic mass is 35.5. The zero-order chi connectivity index (χ0) is 15.0. The van der Waals surface area contributed by atoms with Gasteiger partial charge in [-0.15, -0.1) is 0 Å². The van der Waals surface area contributed by atoms with Gasteiger partial charge in [0.1, 0.15) is 5.82 Å². The van der Waals surface area contributed by atoms with Crippen molar-refractivity contribution in [1.82, 2.24) is 15.2 Å². The molecular weight excluding hydrogens is 291 g/mol. The third-order valence-corrected chi connectivity index (χ3v) is 3.58. The van der Waals surface area contributed by atoms with Crippen LogP contribution < -0.4 is 5.73 Å². The van der Waals surface area contributed by atoms with E-state index in [1.807, 2.05) is 19.1 Å². The van der Waals surface area contributed by atoms with Crippen LogP contribution in [0, 0.1) is 12.7 Å². The lowest BCUT2D eigenvalue weighted by molar-refractivity contribution is 0.628. The van der Waals surface area contributed by atoms with E-state index in [0.29, 0.717) is 22.6 Å². The van der Waals surface area contributed by atoms with E-state index in [1.165, 1.54) is 12.1 Å². The number of nitrogens with zero attached hydrogens (tertiary/aromatic N) is 2. The van der Waals surface area contributed by atoms with Crippen LogP contribution in [0.3, 0.4) is 0 Å². The highest BCUT2D eigenvalue weighted by Gasteiger charge is 2.18. The van der Waals surface area contributed by atoms with Crippen LogP contribution in [0.1, 0.15) is 5.69 Å². The van der Waals surface area contributed by atoms with Crippen LogP contribution in [-0.4, -0.2) is 15.2 Å². The second kappa shape index (κ2) is 5.18. The number of hydrogen-bond donors (Lipinski definition) is 2. The van der Waals surface area contributed by atoms with Crippen molar-refractivity contribution in [2.75, 3.05) is 5.73 Å². The fraction of sp³-hybridized carbons (Fsp3) is 0.0667. The molecular formula is C15H12ClFN4. The quantitative estimate of drug-likeness (QED) is 0.756. The SMILES string of the molecule is Cc1ncccc1-c1[nH]nc(N)c1-c1ccc(F)cc1Cl. The standard InChI is InChI=1S/C15H12ClFN4/c1-8-10(3-2-6-19-8)14-13(15(18)21-20-14)11-5-4-9(17)7-12(11)16/h2-7H,1H3,(H3,18,20,21). The van der Waals surface area contributed by atoms with Crippen LogP contribution in [-0.2, 0) is 0 Å². The molecule has 0 saturated carbocycles. The van der Waals surface area contributed by atoms with E-state index < -0.39 is 5.82 Å². The van der Waals surface area contributed by atoms with Gasteiger partial charge in [-0.2, -0.15) is 5.10 Å². The molecule has 3 N–H and O–H groups in total. The summed E-state index contributed by atoms with van der Waals surface area (Å²) in [5.74, 6) is -0.0910. The summed E-state index contributed by atoms with van der Waals surface area (Å²) in [4.78, 5) is 4.25. The number of aryl methyl sites for hydroxylation is 1. The van der Waals surface area contributed by atoms with Gasteiger partial charge in [0, 0.05) is 23.0 Å². The van der Waals surface area contributed by atoms with Crippen molar-refractivity contribution < 1.29 is 4.39 Å². The van der Waals surface area contributed by atoms with Crippen LogP contribution in [0.5, 0.6) is 0 Å². The molecule has 0 spiro atoms. The monoisotopic (exact) mass is 302 g/mol. The zero-order valence-corrected chi connectivity index (χ0v) is 11.9. The Balaban J connectivity index is 2.25. The number of nitrogens with one attached hydrogen (secondary N) is 1. The summed E-state index contributed by atoms with van der Waals surface area (Å²) in [5.41, 5.74) is 9.65. The van der Waals surface area contributed by atoms with E-state index >= 15 is 0 Å². The second-order valence-corrected chi connectivity index (χ2v) is 5.03. The molecule has 0 atom stereocenters. The number of rotatable bonds is 2. The predicted octanol–water partition coefficient (Wildman–Crippen LogP) is 3.82. The minimum absolute atomic E-state index is 0.283. The lowest BCUT2D eigenvalue weighted by Crippen LogP contribution is -1.92. The summed E-state index contributed by atoms with van der Waals surface area (Å²) in [6, 6.07) is 7.93. The molecule has 0 aliphatic heterocycles. The summed E-state index contributed by atoms with van der Waals surface area (Å²) in [5, 5.41) is 7.23. The highest BCUT2D eigenvalue weighted by molar-refractivity contribution is 6.33. The number of H-pyrrole nitrogens is 1. The van der Waals surface area contributed by atoms with Gasteiger partial charge < -0.3 is 5.73 Å². The van der Waals surface area contributed by atoms with Gasteiger partial charge in [0.05, 0.1) is 16.3 Å². The molecule has 6 heteroatoms. The van der Waals surface area contributed by atoms with Crippen molar-refractivity contribution in [3.8, 4) is 22.4 Å². The van der Waals surface area contributed by atoms with Gasteiger partial charge in [0.2, 0.25) is 0 Å². The fourth-order valence-corrected chi connectivity index (χ4v) is 2.53. The van der Waals surface area contributed by atoms with E-state index in [-0.39, 0.29) is 5.02 Å². The predicted molar refractivity (Wildman–Crippen MR) is 81.4 cm³/mol. The van der Waals surface area contributed by atoms with Gasteiger partial charge >= 0.3 is 0 Å².